The van der Waals surface area contributed by atoms with E-state index in [0.29, 0.717) is 12.1 Å². The van der Waals surface area contributed by atoms with E-state index in [-0.39, 0.29) is 11.5 Å². The molecule has 1 atom stereocenters. The fourth-order valence-electron chi connectivity index (χ4n) is 4.24. The molecule has 1 aromatic rings. The Bertz CT molecular complexity index is 652. The third kappa shape index (κ3) is 3.53. The zero-order valence-corrected chi connectivity index (χ0v) is 15.2. The summed E-state index contributed by atoms with van der Waals surface area (Å²) >= 11 is 0. The molecule has 2 fully saturated rings. The van der Waals surface area contributed by atoms with E-state index in [4.69, 9.17) is 9.47 Å². The highest BCUT2D eigenvalue weighted by molar-refractivity contribution is 5.94. The fourth-order valence-corrected chi connectivity index (χ4v) is 4.24. The molecule has 25 heavy (non-hydrogen) atoms. The predicted octanol–water partition coefficient (Wildman–Crippen LogP) is 2.38. The minimum atomic E-state index is -0.173. The predicted molar refractivity (Wildman–Crippen MR) is 96.1 cm³/mol. The summed E-state index contributed by atoms with van der Waals surface area (Å²) in [5.41, 5.74) is 1.69. The van der Waals surface area contributed by atoms with Crippen molar-refractivity contribution in [3.05, 3.63) is 29.3 Å². The normalized spacial score (nSPS) is 25.8. The molecule has 0 spiro atoms. The number of likely N-dealkylation sites (tertiary alicyclic amines) is 1. The van der Waals surface area contributed by atoms with Gasteiger partial charge in [0, 0.05) is 50.4 Å². The summed E-state index contributed by atoms with van der Waals surface area (Å²) in [4.78, 5) is 15.1. The summed E-state index contributed by atoms with van der Waals surface area (Å²) in [5, 5.41) is 3.13. The Hall–Kier alpha value is -1.59. The van der Waals surface area contributed by atoms with Gasteiger partial charge in [-0.15, -0.1) is 0 Å². The molecule has 136 valence electrons. The highest BCUT2D eigenvalue weighted by Gasteiger charge is 2.35. The highest BCUT2D eigenvalue weighted by atomic mass is 16.5. The third-order valence-corrected chi connectivity index (χ3v) is 5.67. The van der Waals surface area contributed by atoms with Crippen molar-refractivity contribution < 1.29 is 14.3 Å². The van der Waals surface area contributed by atoms with Gasteiger partial charge in [-0.25, -0.2) is 0 Å². The van der Waals surface area contributed by atoms with Gasteiger partial charge in [-0.1, -0.05) is 0 Å². The van der Waals surface area contributed by atoms with Gasteiger partial charge in [0.25, 0.3) is 5.91 Å². The van der Waals surface area contributed by atoms with Gasteiger partial charge >= 0.3 is 0 Å². The van der Waals surface area contributed by atoms with E-state index in [1.165, 1.54) is 6.42 Å². The molecule has 0 aromatic heterocycles. The smallest absolute Gasteiger partial charge is 0.251 e. The molecule has 0 aliphatic carbocycles. The summed E-state index contributed by atoms with van der Waals surface area (Å²) in [5.74, 6) is 0.928. The fraction of sp³-hybridized carbons (Fsp3) is 0.650. The Morgan fingerprint density at radius 2 is 2.08 bits per heavy atom. The lowest BCUT2D eigenvalue weighted by molar-refractivity contribution is -0.0222. The molecule has 3 aliphatic heterocycles. The lowest BCUT2D eigenvalue weighted by Gasteiger charge is -2.47. The zero-order chi connectivity index (χ0) is 17.4. The molecular formula is C20H28N2O3. The average molecular weight is 344 g/mol. The van der Waals surface area contributed by atoms with Crippen LogP contribution >= 0.6 is 0 Å². The molecule has 3 aliphatic rings. The van der Waals surface area contributed by atoms with E-state index in [1.54, 1.807) is 0 Å². The number of hydrogen-bond acceptors (Lipinski definition) is 4. The van der Waals surface area contributed by atoms with Crippen LogP contribution in [0.4, 0.5) is 0 Å². The second-order valence-corrected chi connectivity index (χ2v) is 8.09. The molecule has 1 aromatic carbocycles. The summed E-state index contributed by atoms with van der Waals surface area (Å²) in [6.45, 7) is 7.77. The van der Waals surface area contributed by atoms with Crippen LogP contribution in [-0.2, 0) is 11.2 Å². The number of rotatable bonds is 4. The maximum absolute atomic E-state index is 12.5. The molecule has 0 saturated carbocycles. The number of carbonyl (C=O) groups excluding carboxylic acids is 1. The summed E-state index contributed by atoms with van der Waals surface area (Å²) in [6.07, 6.45) is 4.25. The first kappa shape index (κ1) is 16.9. The molecule has 1 N–H and O–H groups in total. The number of amides is 1. The summed E-state index contributed by atoms with van der Waals surface area (Å²) in [7, 11) is 0. The van der Waals surface area contributed by atoms with Gasteiger partial charge in [-0.2, -0.15) is 0 Å². The SMILES string of the molecule is CC1(C)Cc2cc(C(=O)NCC3CCN3C3CCOCC3)ccc2O1. The summed E-state index contributed by atoms with van der Waals surface area (Å²) in [6, 6.07) is 6.88. The van der Waals surface area contributed by atoms with E-state index in [1.807, 2.05) is 18.2 Å². The second kappa shape index (κ2) is 6.61. The van der Waals surface area contributed by atoms with Crippen molar-refractivity contribution in [1.29, 1.82) is 0 Å². The van der Waals surface area contributed by atoms with Crippen molar-refractivity contribution >= 4 is 5.91 Å². The van der Waals surface area contributed by atoms with Crippen LogP contribution in [0.5, 0.6) is 5.75 Å². The van der Waals surface area contributed by atoms with Crippen molar-refractivity contribution in [1.82, 2.24) is 10.2 Å². The largest absolute Gasteiger partial charge is 0.487 e. The van der Waals surface area contributed by atoms with E-state index in [2.05, 4.69) is 24.1 Å². The Balaban J connectivity index is 1.32. The van der Waals surface area contributed by atoms with Gasteiger partial charge in [0.2, 0.25) is 0 Å². The van der Waals surface area contributed by atoms with E-state index in [9.17, 15) is 4.79 Å². The lowest BCUT2D eigenvalue weighted by atomic mass is 9.95. The monoisotopic (exact) mass is 344 g/mol. The van der Waals surface area contributed by atoms with Crippen LogP contribution in [0.15, 0.2) is 18.2 Å². The Morgan fingerprint density at radius 1 is 1.28 bits per heavy atom. The Morgan fingerprint density at radius 3 is 2.80 bits per heavy atom. The van der Waals surface area contributed by atoms with E-state index >= 15 is 0 Å². The molecule has 5 nitrogen and oxygen atoms in total. The molecule has 5 heteroatoms. The van der Waals surface area contributed by atoms with Crippen molar-refractivity contribution in [2.45, 2.75) is 57.2 Å². The minimum Gasteiger partial charge on any atom is -0.487 e. The van der Waals surface area contributed by atoms with Gasteiger partial charge < -0.3 is 14.8 Å². The maximum Gasteiger partial charge on any atom is 0.251 e. The van der Waals surface area contributed by atoms with Crippen molar-refractivity contribution in [3.63, 3.8) is 0 Å². The number of ether oxygens (including phenoxy) is 2. The van der Waals surface area contributed by atoms with E-state index < -0.39 is 0 Å². The van der Waals surface area contributed by atoms with Crippen LogP contribution in [0.3, 0.4) is 0 Å². The average Bonchev–Trinajstić information content (AvgIpc) is 2.87. The number of nitrogens with zero attached hydrogens (tertiary/aromatic N) is 1. The Labute approximate surface area is 149 Å². The van der Waals surface area contributed by atoms with Gasteiger partial charge in [-0.3, -0.25) is 9.69 Å². The molecular weight excluding hydrogens is 316 g/mol. The number of carbonyl (C=O) groups is 1. The number of fused-ring (bicyclic) bond motifs is 1. The van der Waals surface area contributed by atoms with Crippen LogP contribution in [0.1, 0.15) is 49.0 Å². The molecule has 3 heterocycles. The molecule has 0 bridgehead atoms. The van der Waals surface area contributed by atoms with Crippen LogP contribution in [-0.4, -0.2) is 54.8 Å². The highest BCUT2D eigenvalue weighted by Crippen LogP contribution is 2.35. The molecule has 0 radical (unpaired) electrons. The number of nitrogens with one attached hydrogen (secondary N) is 1. The van der Waals surface area contributed by atoms with Crippen LogP contribution in [0.2, 0.25) is 0 Å². The molecule has 1 unspecified atom stereocenters. The first-order valence-corrected chi connectivity index (χ1v) is 9.45. The molecule has 2 saturated heterocycles. The van der Waals surface area contributed by atoms with E-state index in [0.717, 1.165) is 62.4 Å². The number of hydrogen-bond donors (Lipinski definition) is 1. The lowest BCUT2D eigenvalue weighted by Crippen LogP contribution is -2.58. The Kier molecular flexibility index (Phi) is 4.46. The van der Waals surface area contributed by atoms with Crippen molar-refractivity contribution in [2.75, 3.05) is 26.3 Å². The first-order chi connectivity index (χ1) is 12.0. The van der Waals surface area contributed by atoms with Crippen molar-refractivity contribution in [3.8, 4) is 5.75 Å². The summed E-state index contributed by atoms with van der Waals surface area (Å²) < 4.78 is 11.3. The first-order valence-electron chi connectivity index (χ1n) is 9.45. The quantitative estimate of drug-likeness (QED) is 0.911. The van der Waals surface area contributed by atoms with Crippen LogP contribution in [0, 0.1) is 0 Å². The standard InChI is InChI=1S/C20H28N2O3/c1-20(2)12-15-11-14(3-4-18(15)25-20)19(23)21-13-17-5-8-22(17)16-6-9-24-10-7-16/h3-4,11,16-17H,5-10,12-13H2,1-2H3,(H,21,23). The third-order valence-electron chi connectivity index (χ3n) is 5.67. The molecule has 1 amide bonds. The zero-order valence-electron chi connectivity index (χ0n) is 15.2. The molecule has 4 rings (SSSR count). The van der Waals surface area contributed by atoms with Gasteiger partial charge in [0.15, 0.2) is 0 Å². The van der Waals surface area contributed by atoms with Gasteiger partial charge in [0.1, 0.15) is 11.4 Å². The van der Waals surface area contributed by atoms with Crippen LogP contribution in [0.25, 0.3) is 0 Å². The van der Waals surface area contributed by atoms with Gasteiger partial charge in [-0.05, 0) is 56.9 Å². The number of benzene rings is 1. The minimum absolute atomic E-state index is 0.0198. The maximum atomic E-state index is 12.5. The van der Waals surface area contributed by atoms with Crippen molar-refractivity contribution in [2.24, 2.45) is 0 Å². The topological polar surface area (TPSA) is 50.8 Å². The van der Waals surface area contributed by atoms with Crippen LogP contribution < -0.4 is 10.1 Å². The van der Waals surface area contributed by atoms with Gasteiger partial charge in [0.05, 0.1) is 0 Å². The second-order valence-electron chi connectivity index (χ2n) is 8.09.